The van der Waals surface area contributed by atoms with Crippen molar-refractivity contribution < 1.29 is 4.74 Å². The Balaban J connectivity index is 0.00000256. The second-order valence-corrected chi connectivity index (χ2v) is 8.53. The Kier molecular flexibility index (Phi) is 9.00. The Hall–Kier alpha value is -1.13. The number of halogens is 1. The molecular formula is C22H37IN6O. The van der Waals surface area contributed by atoms with Gasteiger partial charge in [0.15, 0.2) is 5.96 Å². The summed E-state index contributed by atoms with van der Waals surface area (Å²) in [6.45, 7) is 10.8. The lowest BCUT2D eigenvalue weighted by Crippen LogP contribution is -2.49. The van der Waals surface area contributed by atoms with Crippen LogP contribution in [-0.2, 0) is 11.3 Å². The zero-order valence-electron chi connectivity index (χ0n) is 18.3. The maximum absolute atomic E-state index is 5.65. The molecule has 8 heteroatoms. The van der Waals surface area contributed by atoms with Gasteiger partial charge in [-0.05, 0) is 57.2 Å². The number of pyridine rings is 1. The van der Waals surface area contributed by atoms with Crippen LogP contribution in [-0.4, -0.2) is 73.4 Å². The molecule has 2 saturated heterocycles. The minimum atomic E-state index is 0. The molecule has 1 atom stereocenters. The van der Waals surface area contributed by atoms with Crippen molar-refractivity contribution in [3.8, 4) is 0 Å². The molecule has 30 heavy (non-hydrogen) atoms. The first kappa shape index (κ1) is 23.5. The Morgan fingerprint density at radius 2 is 2.03 bits per heavy atom. The van der Waals surface area contributed by atoms with E-state index in [0.29, 0.717) is 12.6 Å². The number of piperidine rings is 1. The van der Waals surface area contributed by atoms with Gasteiger partial charge in [-0.15, -0.1) is 24.0 Å². The number of likely N-dealkylation sites (tertiary alicyclic amines) is 1. The number of morpholine rings is 1. The van der Waals surface area contributed by atoms with Crippen LogP contribution >= 0.6 is 24.0 Å². The molecule has 7 nitrogen and oxygen atoms in total. The van der Waals surface area contributed by atoms with Gasteiger partial charge in [-0.3, -0.25) is 0 Å². The van der Waals surface area contributed by atoms with Crippen molar-refractivity contribution >= 4 is 35.8 Å². The average molecular weight is 528 g/mol. The summed E-state index contributed by atoms with van der Waals surface area (Å²) < 4.78 is 5.65. The van der Waals surface area contributed by atoms with Crippen molar-refractivity contribution in [2.24, 2.45) is 4.99 Å². The fraction of sp³-hybridized carbons (Fsp3) is 0.727. The van der Waals surface area contributed by atoms with Crippen LogP contribution < -0.4 is 15.5 Å². The van der Waals surface area contributed by atoms with Crippen molar-refractivity contribution in [2.75, 3.05) is 44.2 Å². The number of hydrogen-bond donors (Lipinski definition) is 2. The zero-order chi connectivity index (χ0) is 20.1. The maximum Gasteiger partial charge on any atom is 0.191 e. The first-order valence-electron chi connectivity index (χ1n) is 11.3. The Morgan fingerprint density at radius 3 is 2.73 bits per heavy atom. The van der Waals surface area contributed by atoms with E-state index in [4.69, 9.17) is 9.73 Å². The standard InChI is InChI=1S/C22H36N6O.HI/c1-3-23-22(26-19-7-10-27(11-8-19)20-4-5-20)25-15-18-6-9-24-21(14-18)28-12-13-29-17(2)16-28;/h6,9,14,17,19-20H,3-5,7-8,10-13,15-16H2,1-2H3,(H2,23,25,26);1H. The monoisotopic (exact) mass is 528 g/mol. The van der Waals surface area contributed by atoms with Crippen LogP contribution in [0.25, 0.3) is 0 Å². The van der Waals surface area contributed by atoms with E-state index >= 15 is 0 Å². The summed E-state index contributed by atoms with van der Waals surface area (Å²) in [6.07, 6.45) is 7.36. The molecule has 3 aliphatic rings. The second kappa shape index (κ2) is 11.5. The quantitative estimate of drug-likeness (QED) is 0.337. The number of aliphatic imine (C=N–C) groups is 1. The lowest BCUT2D eigenvalue weighted by molar-refractivity contribution is 0.0529. The number of aromatic nitrogens is 1. The topological polar surface area (TPSA) is 65.0 Å². The highest BCUT2D eigenvalue weighted by molar-refractivity contribution is 14.0. The number of nitrogens with zero attached hydrogens (tertiary/aromatic N) is 4. The third-order valence-corrected chi connectivity index (χ3v) is 6.07. The van der Waals surface area contributed by atoms with E-state index in [2.05, 4.69) is 51.4 Å². The minimum Gasteiger partial charge on any atom is -0.375 e. The Labute approximate surface area is 198 Å². The first-order valence-corrected chi connectivity index (χ1v) is 11.3. The molecule has 0 spiro atoms. The molecule has 3 heterocycles. The molecule has 1 aromatic heterocycles. The number of nitrogens with one attached hydrogen (secondary N) is 2. The average Bonchev–Trinajstić information content (AvgIpc) is 3.58. The number of rotatable bonds is 6. The molecule has 1 unspecified atom stereocenters. The van der Waals surface area contributed by atoms with Crippen LogP contribution in [0.5, 0.6) is 0 Å². The molecule has 1 saturated carbocycles. The Bertz CT molecular complexity index is 690. The highest BCUT2D eigenvalue weighted by Gasteiger charge is 2.31. The lowest BCUT2D eigenvalue weighted by Gasteiger charge is -2.33. The van der Waals surface area contributed by atoms with E-state index in [-0.39, 0.29) is 30.1 Å². The normalized spacial score (nSPS) is 23.7. The predicted molar refractivity (Wildman–Crippen MR) is 133 cm³/mol. The molecule has 168 valence electrons. The molecular weight excluding hydrogens is 491 g/mol. The summed E-state index contributed by atoms with van der Waals surface area (Å²) in [5.41, 5.74) is 1.19. The molecule has 3 fully saturated rings. The van der Waals surface area contributed by atoms with Crippen LogP contribution in [0.3, 0.4) is 0 Å². The molecule has 1 aliphatic carbocycles. The van der Waals surface area contributed by atoms with E-state index in [1.165, 1.54) is 44.3 Å². The van der Waals surface area contributed by atoms with Gasteiger partial charge in [-0.1, -0.05) is 0 Å². The van der Waals surface area contributed by atoms with Crippen LogP contribution in [0.2, 0.25) is 0 Å². The SMILES string of the molecule is CCNC(=NCc1ccnc(N2CCOC(C)C2)c1)NC1CCN(C2CC2)CC1.I. The summed E-state index contributed by atoms with van der Waals surface area (Å²) in [5.74, 6) is 1.95. The summed E-state index contributed by atoms with van der Waals surface area (Å²) in [6, 6.07) is 5.63. The van der Waals surface area contributed by atoms with E-state index in [1.807, 2.05) is 6.20 Å². The minimum absolute atomic E-state index is 0. The predicted octanol–water partition coefficient (Wildman–Crippen LogP) is 2.61. The molecule has 0 radical (unpaired) electrons. The molecule has 0 aromatic carbocycles. The first-order chi connectivity index (χ1) is 14.2. The highest BCUT2D eigenvalue weighted by atomic mass is 127. The van der Waals surface area contributed by atoms with Gasteiger partial charge in [0.05, 0.1) is 19.3 Å². The third-order valence-electron chi connectivity index (χ3n) is 6.07. The van der Waals surface area contributed by atoms with Crippen LogP contribution in [0.4, 0.5) is 5.82 Å². The number of ether oxygens (including phenoxy) is 1. The summed E-state index contributed by atoms with van der Waals surface area (Å²) in [4.78, 5) is 14.4. The fourth-order valence-corrected chi connectivity index (χ4v) is 4.29. The fourth-order valence-electron chi connectivity index (χ4n) is 4.29. The van der Waals surface area contributed by atoms with E-state index < -0.39 is 0 Å². The van der Waals surface area contributed by atoms with Crippen LogP contribution in [0.15, 0.2) is 23.3 Å². The molecule has 0 bridgehead atoms. The number of guanidine groups is 1. The number of anilines is 1. The molecule has 4 rings (SSSR count). The van der Waals surface area contributed by atoms with Crippen molar-refractivity contribution in [1.82, 2.24) is 20.5 Å². The largest absolute Gasteiger partial charge is 0.375 e. The number of hydrogen-bond acceptors (Lipinski definition) is 5. The van der Waals surface area contributed by atoms with Crippen molar-refractivity contribution in [3.63, 3.8) is 0 Å². The summed E-state index contributed by atoms with van der Waals surface area (Å²) in [5, 5.41) is 7.07. The van der Waals surface area contributed by atoms with Gasteiger partial charge in [0.1, 0.15) is 5.82 Å². The zero-order valence-corrected chi connectivity index (χ0v) is 20.7. The second-order valence-electron chi connectivity index (χ2n) is 8.53. The van der Waals surface area contributed by atoms with Crippen molar-refractivity contribution in [2.45, 2.75) is 64.3 Å². The van der Waals surface area contributed by atoms with Gasteiger partial charge in [-0.2, -0.15) is 0 Å². The van der Waals surface area contributed by atoms with Gasteiger partial charge in [0.2, 0.25) is 0 Å². The van der Waals surface area contributed by atoms with Gasteiger partial charge in [0.25, 0.3) is 0 Å². The van der Waals surface area contributed by atoms with Crippen LogP contribution in [0.1, 0.15) is 45.1 Å². The van der Waals surface area contributed by atoms with Crippen molar-refractivity contribution in [1.29, 1.82) is 0 Å². The van der Waals surface area contributed by atoms with Gasteiger partial charge >= 0.3 is 0 Å². The highest BCUT2D eigenvalue weighted by Crippen LogP contribution is 2.29. The van der Waals surface area contributed by atoms with Crippen molar-refractivity contribution in [3.05, 3.63) is 23.9 Å². The van der Waals surface area contributed by atoms with E-state index in [0.717, 1.165) is 44.1 Å². The third kappa shape index (κ3) is 6.68. The smallest absolute Gasteiger partial charge is 0.191 e. The Morgan fingerprint density at radius 1 is 1.23 bits per heavy atom. The lowest BCUT2D eigenvalue weighted by atomic mass is 10.1. The van der Waals surface area contributed by atoms with E-state index in [9.17, 15) is 0 Å². The maximum atomic E-state index is 5.65. The van der Waals surface area contributed by atoms with Gasteiger partial charge < -0.3 is 25.2 Å². The summed E-state index contributed by atoms with van der Waals surface area (Å²) >= 11 is 0. The molecule has 2 aliphatic heterocycles. The van der Waals surface area contributed by atoms with Gasteiger partial charge in [-0.25, -0.2) is 9.98 Å². The van der Waals surface area contributed by atoms with E-state index in [1.54, 1.807) is 0 Å². The molecule has 2 N–H and O–H groups in total. The van der Waals surface area contributed by atoms with Crippen LogP contribution in [0, 0.1) is 0 Å². The molecule has 1 aromatic rings. The molecule has 0 amide bonds. The summed E-state index contributed by atoms with van der Waals surface area (Å²) in [7, 11) is 0. The van der Waals surface area contributed by atoms with Gasteiger partial charge in [0, 0.05) is 51.0 Å².